The average molecular weight is 487 g/mol. The third-order valence-corrected chi connectivity index (χ3v) is 6.72. The number of carbonyl (C=O) groups excluding carboxylic acids is 2. The molecule has 1 fully saturated rings. The van der Waals surface area contributed by atoms with E-state index in [0.717, 1.165) is 17.0 Å². The van der Waals surface area contributed by atoms with Crippen LogP contribution < -0.4 is 0 Å². The molecule has 3 aromatic rings. The molecular weight excluding hydrogens is 457 g/mol. The molecule has 1 aromatic heterocycles. The predicted molar refractivity (Wildman–Crippen MR) is 127 cm³/mol. The third-order valence-electron chi connectivity index (χ3n) is 6.72. The van der Waals surface area contributed by atoms with Gasteiger partial charge in [-0.1, -0.05) is 36.4 Å². The average Bonchev–Trinajstić information content (AvgIpc) is 3.18. The van der Waals surface area contributed by atoms with Crippen LogP contribution in [0.5, 0.6) is 0 Å². The van der Waals surface area contributed by atoms with Crippen molar-refractivity contribution in [1.82, 2.24) is 9.47 Å². The van der Waals surface area contributed by atoms with Crippen molar-refractivity contribution < 1.29 is 27.5 Å². The van der Waals surface area contributed by atoms with E-state index in [1.807, 2.05) is 42.1 Å². The largest absolute Gasteiger partial charge is 0.466 e. The van der Waals surface area contributed by atoms with E-state index in [2.05, 4.69) is 0 Å². The lowest BCUT2D eigenvalue weighted by Crippen LogP contribution is -2.43. The van der Waals surface area contributed by atoms with E-state index < -0.39 is 23.6 Å². The minimum Gasteiger partial charge on any atom is -0.466 e. The summed E-state index contributed by atoms with van der Waals surface area (Å²) >= 11 is 0. The van der Waals surface area contributed by atoms with Crippen LogP contribution in [0.1, 0.15) is 48.8 Å². The standard InChI is InChI=1S/C27H29F3N2O3/c1-3-35-26(34)18-9-8-14-32(16-18)25(33)15-21(19-10-4-6-12-23(19)27(28,29)30)22-17-31(2)24-13-7-5-11-20(22)24/h4-7,10-13,17-18,21H,3,8-9,14-16H2,1-2H3. The Bertz CT molecular complexity index is 1220. The van der Waals surface area contributed by atoms with Crippen LogP contribution in [0.2, 0.25) is 0 Å². The van der Waals surface area contributed by atoms with Crippen molar-refractivity contribution in [2.24, 2.45) is 13.0 Å². The first-order chi connectivity index (χ1) is 16.7. The van der Waals surface area contributed by atoms with E-state index in [-0.39, 0.29) is 37.0 Å². The Kier molecular flexibility index (Phi) is 7.19. The maximum atomic E-state index is 14.0. The molecule has 0 spiro atoms. The molecule has 8 heteroatoms. The fourth-order valence-corrected chi connectivity index (χ4v) is 5.06. The van der Waals surface area contributed by atoms with Crippen molar-refractivity contribution in [3.63, 3.8) is 0 Å². The molecule has 2 aromatic carbocycles. The Morgan fingerprint density at radius 1 is 1.09 bits per heavy atom. The maximum Gasteiger partial charge on any atom is 0.416 e. The number of halogens is 3. The highest BCUT2D eigenvalue weighted by Crippen LogP contribution is 2.41. The first-order valence-electron chi connectivity index (χ1n) is 11.8. The molecule has 186 valence electrons. The molecule has 35 heavy (non-hydrogen) atoms. The van der Waals surface area contributed by atoms with Gasteiger partial charge >= 0.3 is 12.1 Å². The molecule has 1 saturated heterocycles. The van der Waals surface area contributed by atoms with E-state index in [4.69, 9.17) is 4.74 Å². The number of hydrogen-bond donors (Lipinski definition) is 0. The SMILES string of the molecule is CCOC(=O)C1CCCN(C(=O)CC(c2ccccc2C(F)(F)F)c2cn(C)c3ccccc23)C1. The topological polar surface area (TPSA) is 51.5 Å². The van der Waals surface area contributed by atoms with Crippen LogP contribution >= 0.6 is 0 Å². The van der Waals surface area contributed by atoms with Crippen molar-refractivity contribution in [2.45, 2.75) is 38.3 Å². The van der Waals surface area contributed by atoms with E-state index in [1.54, 1.807) is 17.9 Å². The Labute approximate surface area is 202 Å². The van der Waals surface area contributed by atoms with E-state index in [0.29, 0.717) is 24.9 Å². The number of hydrogen-bond acceptors (Lipinski definition) is 3. The van der Waals surface area contributed by atoms with E-state index in [1.165, 1.54) is 12.1 Å². The molecule has 4 rings (SSSR count). The molecule has 1 aliphatic heterocycles. The number of esters is 1. The van der Waals surface area contributed by atoms with Gasteiger partial charge < -0.3 is 14.2 Å². The normalized spacial score (nSPS) is 17.4. The number of para-hydroxylation sites is 1. The Hall–Kier alpha value is -3.29. The molecule has 1 amide bonds. The molecule has 0 radical (unpaired) electrons. The molecule has 2 heterocycles. The Balaban J connectivity index is 1.72. The van der Waals surface area contributed by atoms with Crippen LogP contribution in [0.4, 0.5) is 13.2 Å². The van der Waals surface area contributed by atoms with E-state index in [9.17, 15) is 22.8 Å². The highest BCUT2D eigenvalue weighted by atomic mass is 19.4. The zero-order valence-corrected chi connectivity index (χ0v) is 19.8. The fourth-order valence-electron chi connectivity index (χ4n) is 5.06. The van der Waals surface area contributed by atoms with Crippen LogP contribution in [0, 0.1) is 5.92 Å². The van der Waals surface area contributed by atoms with Gasteiger partial charge in [-0.2, -0.15) is 13.2 Å². The summed E-state index contributed by atoms with van der Waals surface area (Å²) in [6.45, 7) is 2.69. The number of nitrogens with zero attached hydrogens (tertiary/aromatic N) is 2. The summed E-state index contributed by atoms with van der Waals surface area (Å²) in [5.41, 5.74) is 0.884. The second kappa shape index (κ2) is 10.1. The molecule has 0 bridgehead atoms. The Morgan fingerprint density at radius 3 is 2.54 bits per heavy atom. The molecule has 5 nitrogen and oxygen atoms in total. The molecule has 0 aliphatic carbocycles. The zero-order valence-electron chi connectivity index (χ0n) is 19.8. The molecule has 1 aliphatic rings. The number of fused-ring (bicyclic) bond motifs is 1. The van der Waals surface area contributed by atoms with Gasteiger partial charge in [0.05, 0.1) is 18.1 Å². The van der Waals surface area contributed by atoms with Crippen LogP contribution in [-0.4, -0.2) is 41.0 Å². The van der Waals surface area contributed by atoms with Gasteiger partial charge in [0.1, 0.15) is 0 Å². The number of carbonyl (C=O) groups is 2. The van der Waals surface area contributed by atoms with E-state index >= 15 is 0 Å². The van der Waals surface area contributed by atoms with Crippen molar-refractivity contribution in [2.75, 3.05) is 19.7 Å². The smallest absolute Gasteiger partial charge is 0.416 e. The number of likely N-dealkylation sites (tertiary alicyclic amines) is 1. The third kappa shape index (κ3) is 5.21. The minimum atomic E-state index is -4.55. The van der Waals surface area contributed by atoms with Crippen LogP contribution in [0.3, 0.4) is 0 Å². The number of amides is 1. The summed E-state index contributed by atoms with van der Waals surface area (Å²) in [5, 5.41) is 0.813. The van der Waals surface area contributed by atoms with Crippen molar-refractivity contribution in [3.05, 3.63) is 71.4 Å². The van der Waals surface area contributed by atoms with Crippen molar-refractivity contribution >= 4 is 22.8 Å². The summed E-state index contributed by atoms with van der Waals surface area (Å²) in [7, 11) is 1.84. The quantitative estimate of drug-likeness (QED) is 0.431. The molecule has 2 atom stereocenters. The lowest BCUT2D eigenvalue weighted by molar-refractivity contribution is -0.151. The van der Waals surface area contributed by atoms with Crippen LogP contribution in [0.15, 0.2) is 54.7 Å². The Morgan fingerprint density at radius 2 is 1.80 bits per heavy atom. The molecule has 2 unspecified atom stereocenters. The number of ether oxygens (including phenoxy) is 1. The first kappa shape index (κ1) is 24.8. The summed E-state index contributed by atoms with van der Waals surface area (Å²) < 4.78 is 49.0. The highest BCUT2D eigenvalue weighted by molar-refractivity contribution is 5.87. The number of alkyl halides is 3. The van der Waals surface area contributed by atoms with Gasteiger partial charge in [-0.25, -0.2) is 0 Å². The summed E-state index contributed by atoms with van der Waals surface area (Å²) in [6.07, 6.45) is -1.59. The van der Waals surface area contributed by atoms with Gasteiger partial charge in [-0.3, -0.25) is 9.59 Å². The summed E-state index contributed by atoms with van der Waals surface area (Å²) in [4.78, 5) is 27.3. The van der Waals surface area contributed by atoms with Crippen molar-refractivity contribution in [1.29, 1.82) is 0 Å². The number of aromatic nitrogens is 1. The van der Waals surface area contributed by atoms with Gasteiger partial charge in [-0.05, 0) is 43.0 Å². The van der Waals surface area contributed by atoms with Gasteiger partial charge in [-0.15, -0.1) is 0 Å². The lowest BCUT2D eigenvalue weighted by Gasteiger charge is -2.33. The molecule has 0 saturated carbocycles. The lowest BCUT2D eigenvalue weighted by atomic mass is 9.84. The van der Waals surface area contributed by atoms with Gasteiger partial charge in [0.25, 0.3) is 0 Å². The number of benzene rings is 2. The number of rotatable bonds is 6. The predicted octanol–water partition coefficient (Wildman–Crippen LogP) is 5.52. The first-order valence-corrected chi connectivity index (χ1v) is 11.8. The maximum absolute atomic E-state index is 14.0. The second-order valence-electron chi connectivity index (χ2n) is 8.99. The number of piperidine rings is 1. The highest BCUT2D eigenvalue weighted by Gasteiger charge is 2.37. The van der Waals surface area contributed by atoms with Crippen LogP contribution in [-0.2, 0) is 27.5 Å². The fraction of sp³-hybridized carbons (Fsp3) is 0.407. The monoisotopic (exact) mass is 486 g/mol. The zero-order chi connectivity index (χ0) is 25.2. The van der Waals surface area contributed by atoms with Gasteiger partial charge in [0.2, 0.25) is 5.91 Å². The summed E-state index contributed by atoms with van der Waals surface area (Å²) in [6, 6.07) is 13.0. The van der Waals surface area contributed by atoms with Crippen LogP contribution in [0.25, 0.3) is 10.9 Å². The summed E-state index contributed by atoms with van der Waals surface area (Å²) in [5.74, 6) is -1.81. The van der Waals surface area contributed by atoms with Crippen molar-refractivity contribution in [3.8, 4) is 0 Å². The van der Waals surface area contributed by atoms with Gasteiger partial charge in [0, 0.05) is 49.6 Å². The molecular formula is C27H29F3N2O3. The second-order valence-corrected chi connectivity index (χ2v) is 8.99. The number of aryl methyl sites for hydroxylation is 1. The minimum absolute atomic E-state index is 0.0728. The van der Waals surface area contributed by atoms with Gasteiger partial charge in [0.15, 0.2) is 0 Å². The molecule has 0 N–H and O–H groups in total.